The van der Waals surface area contributed by atoms with Crippen LogP contribution in [0.2, 0.25) is 5.02 Å². The number of benzene rings is 2. The fourth-order valence-electron chi connectivity index (χ4n) is 10.4. The van der Waals surface area contributed by atoms with E-state index in [4.69, 9.17) is 21.4 Å². The van der Waals surface area contributed by atoms with Gasteiger partial charge >= 0.3 is 0 Å². The normalized spacial score (nSPS) is 28.8. The maximum absolute atomic E-state index is 15.1. The van der Waals surface area contributed by atoms with Crippen LogP contribution in [-0.2, 0) is 26.2 Å². The first-order valence-corrected chi connectivity index (χ1v) is 19.7. The summed E-state index contributed by atoms with van der Waals surface area (Å²) >= 11 is 7.90. The molecular weight excluding hydrogens is 712 g/mol. The molecule has 9 rings (SSSR count). The smallest absolute Gasteiger partial charge is 0.242 e. The molecule has 0 radical (unpaired) electrons. The number of phenols is 1. The minimum atomic E-state index is -1.25. The zero-order chi connectivity index (χ0) is 37.1. The number of hydrogen-bond donors (Lipinski definition) is 1. The SMILES string of the molecule is COc1ccc([C@H]2C3=CC[C@@H]4C(=O)N(C5CCCCC5)C(=O)[C@@H]4[C@@H]3C[C@H]3C(=O)N(c4cc(-c5sc6ccc(Cl)cc6c5C)nn4C)C(=O)[C@@]23C)cc1O. The van der Waals surface area contributed by atoms with Gasteiger partial charge in [0, 0.05) is 34.8 Å². The van der Waals surface area contributed by atoms with Crippen LogP contribution in [0.3, 0.4) is 0 Å². The Morgan fingerprint density at radius 3 is 2.49 bits per heavy atom. The van der Waals surface area contributed by atoms with E-state index in [-0.39, 0.29) is 47.6 Å². The number of imide groups is 2. The van der Waals surface area contributed by atoms with Gasteiger partial charge in [0.1, 0.15) is 11.5 Å². The number of hydrogen-bond acceptors (Lipinski definition) is 8. The van der Waals surface area contributed by atoms with Crippen molar-refractivity contribution in [3.8, 4) is 22.1 Å². The highest BCUT2D eigenvalue weighted by Crippen LogP contribution is 2.64. The molecule has 4 heterocycles. The number of rotatable bonds is 5. The van der Waals surface area contributed by atoms with E-state index in [1.54, 1.807) is 46.2 Å². The Kier molecular flexibility index (Phi) is 7.95. The second-order valence-electron chi connectivity index (χ2n) is 15.6. The van der Waals surface area contributed by atoms with Gasteiger partial charge in [-0.05, 0) is 92.3 Å². The summed E-state index contributed by atoms with van der Waals surface area (Å²) in [6.45, 7) is 3.86. The van der Waals surface area contributed by atoms with E-state index in [0.29, 0.717) is 28.5 Å². The maximum atomic E-state index is 15.1. The molecule has 3 aliphatic carbocycles. The van der Waals surface area contributed by atoms with E-state index in [9.17, 15) is 19.5 Å². The van der Waals surface area contributed by atoms with E-state index < -0.39 is 35.0 Å². The van der Waals surface area contributed by atoms with Gasteiger partial charge in [-0.1, -0.05) is 48.6 Å². The maximum Gasteiger partial charge on any atom is 0.242 e. The number of aromatic nitrogens is 2. The molecule has 2 saturated heterocycles. The number of aromatic hydroxyl groups is 1. The van der Waals surface area contributed by atoms with E-state index >= 15 is 4.79 Å². The largest absolute Gasteiger partial charge is 0.504 e. The van der Waals surface area contributed by atoms with Gasteiger partial charge in [0.05, 0.1) is 35.2 Å². The highest BCUT2D eigenvalue weighted by molar-refractivity contribution is 7.22. The van der Waals surface area contributed by atoms with Crippen molar-refractivity contribution in [2.75, 3.05) is 12.0 Å². The topological polar surface area (TPSA) is 122 Å². The molecule has 10 nitrogen and oxygen atoms in total. The zero-order valence-electron chi connectivity index (χ0n) is 30.1. The molecule has 12 heteroatoms. The molecule has 5 aliphatic rings. The number of nitrogens with zero attached hydrogens (tertiary/aromatic N) is 4. The highest BCUT2D eigenvalue weighted by atomic mass is 35.5. The number of carbonyl (C=O) groups is 4. The summed E-state index contributed by atoms with van der Waals surface area (Å²) in [7, 11) is 3.21. The lowest BCUT2D eigenvalue weighted by molar-refractivity contribution is -0.144. The Labute approximate surface area is 316 Å². The molecule has 2 aromatic heterocycles. The van der Waals surface area contributed by atoms with E-state index in [2.05, 4.69) is 0 Å². The van der Waals surface area contributed by atoms with Gasteiger partial charge in [-0.25, -0.2) is 4.90 Å². The van der Waals surface area contributed by atoms with E-state index in [0.717, 1.165) is 58.2 Å². The van der Waals surface area contributed by atoms with Crippen LogP contribution < -0.4 is 9.64 Å². The molecule has 4 aromatic rings. The van der Waals surface area contributed by atoms with Crippen molar-refractivity contribution in [3.05, 3.63) is 70.3 Å². The molecule has 6 atom stereocenters. The third-order valence-corrected chi connectivity index (χ3v) is 14.5. The minimum Gasteiger partial charge on any atom is -0.504 e. The molecule has 53 heavy (non-hydrogen) atoms. The van der Waals surface area contributed by atoms with Gasteiger partial charge < -0.3 is 9.84 Å². The number of carbonyl (C=O) groups excluding carboxylic acids is 4. The zero-order valence-corrected chi connectivity index (χ0v) is 31.7. The number of thiophene rings is 1. The monoisotopic (exact) mass is 752 g/mol. The van der Waals surface area contributed by atoms with Crippen LogP contribution in [0.4, 0.5) is 5.82 Å². The Morgan fingerprint density at radius 2 is 1.75 bits per heavy atom. The van der Waals surface area contributed by atoms with Crippen LogP contribution in [0.5, 0.6) is 11.5 Å². The predicted octanol–water partition coefficient (Wildman–Crippen LogP) is 7.54. The van der Waals surface area contributed by atoms with Crippen molar-refractivity contribution >= 4 is 62.5 Å². The van der Waals surface area contributed by atoms with Gasteiger partial charge in [0.2, 0.25) is 23.6 Å². The molecule has 2 saturated carbocycles. The Hall–Kier alpha value is -4.48. The van der Waals surface area contributed by atoms with Gasteiger partial charge in [-0.3, -0.25) is 28.8 Å². The van der Waals surface area contributed by atoms with Crippen LogP contribution in [0.25, 0.3) is 20.7 Å². The number of ether oxygens (including phenoxy) is 1. The highest BCUT2D eigenvalue weighted by Gasteiger charge is 2.68. The quantitative estimate of drug-likeness (QED) is 0.165. The summed E-state index contributed by atoms with van der Waals surface area (Å²) in [5.74, 6) is -3.33. The molecule has 4 fully saturated rings. The van der Waals surface area contributed by atoms with Gasteiger partial charge in [-0.2, -0.15) is 5.10 Å². The molecule has 0 spiro atoms. The minimum absolute atomic E-state index is 0.0814. The van der Waals surface area contributed by atoms with Gasteiger partial charge in [-0.15, -0.1) is 11.3 Å². The third-order valence-electron chi connectivity index (χ3n) is 13.0. The first kappa shape index (κ1) is 34.3. The first-order chi connectivity index (χ1) is 25.4. The molecule has 0 unspecified atom stereocenters. The summed E-state index contributed by atoms with van der Waals surface area (Å²) in [5, 5.41) is 17.5. The lowest BCUT2D eigenvalue weighted by Gasteiger charge is -2.49. The molecule has 4 amide bonds. The number of anilines is 1. The standard InChI is InChI=1S/C41H41ClN4O6S/c1-20-26-17-22(42)11-15-32(26)53-36(20)29-19-33(44(3)43-29)46-38(49)28-18-27-24(35(41(28,2)40(46)51)21-10-14-31(52-4)30(47)16-21)12-13-25-34(27)39(50)45(37(25)48)23-8-6-5-7-9-23/h10-12,14-17,19,23,25,27-28,34-35,47H,5-9,13,18H2,1-4H3/t25-,27+,28-,34-,35-,41+/m0/s1. The van der Waals surface area contributed by atoms with Crippen molar-refractivity contribution < 1.29 is 29.0 Å². The number of phenolic OH excluding ortho intramolecular Hbond substituents is 1. The van der Waals surface area contributed by atoms with Gasteiger partial charge in [0.25, 0.3) is 0 Å². The Balaban J connectivity index is 1.15. The van der Waals surface area contributed by atoms with Crippen LogP contribution in [0.15, 0.2) is 54.1 Å². The second kappa shape index (κ2) is 12.3. The summed E-state index contributed by atoms with van der Waals surface area (Å²) in [5.41, 5.74) is 1.94. The van der Waals surface area contributed by atoms with Crippen molar-refractivity contribution in [1.29, 1.82) is 0 Å². The van der Waals surface area contributed by atoms with Crippen LogP contribution in [0.1, 0.15) is 68.9 Å². The van der Waals surface area contributed by atoms with Gasteiger partial charge in [0.15, 0.2) is 11.5 Å². The molecule has 1 N–H and O–H groups in total. The predicted molar refractivity (Wildman–Crippen MR) is 202 cm³/mol. The van der Waals surface area contributed by atoms with Crippen molar-refractivity contribution in [1.82, 2.24) is 14.7 Å². The first-order valence-electron chi connectivity index (χ1n) is 18.5. The third kappa shape index (κ3) is 4.85. The average Bonchev–Trinajstić information content (AvgIpc) is 3.82. The van der Waals surface area contributed by atoms with Crippen LogP contribution in [0, 0.1) is 36.0 Å². The molecule has 274 valence electrons. The van der Waals surface area contributed by atoms with Crippen molar-refractivity contribution in [2.45, 2.75) is 70.8 Å². The Bertz CT molecular complexity index is 2290. The number of amides is 4. The van der Waals surface area contributed by atoms with Crippen molar-refractivity contribution in [3.63, 3.8) is 0 Å². The number of halogens is 1. The number of likely N-dealkylation sites (tertiary alicyclic amines) is 1. The second-order valence-corrected chi connectivity index (χ2v) is 17.1. The van der Waals surface area contributed by atoms with Crippen LogP contribution >= 0.6 is 22.9 Å². The molecule has 2 aromatic carbocycles. The number of fused-ring (bicyclic) bond motifs is 5. The lowest BCUT2D eigenvalue weighted by atomic mass is 9.51. The summed E-state index contributed by atoms with van der Waals surface area (Å²) in [4.78, 5) is 62.1. The average molecular weight is 753 g/mol. The van der Waals surface area contributed by atoms with E-state index in [1.807, 2.05) is 44.2 Å². The van der Waals surface area contributed by atoms with E-state index in [1.165, 1.54) is 12.0 Å². The summed E-state index contributed by atoms with van der Waals surface area (Å²) in [6, 6.07) is 12.6. The summed E-state index contributed by atoms with van der Waals surface area (Å²) < 4.78 is 8.00. The number of methoxy groups -OCH3 is 1. The molecule has 2 aliphatic heterocycles. The van der Waals surface area contributed by atoms with Crippen molar-refractivity contribution in [2.24, 2.45) is 36.1 Å². The number of allylic oxidation sites excluding steroid dienone is 2. The summed E-state index contributed by atoms with van der Waals surface area (Å²) in [6.07, 6.45) is 7.43. The Morgan fingerprint density at radius 1 is 0.981 bits per heavy atom. The number of aryl methyl sites for hydroxylation is 2. The molecular formula is C41H41ClN4O6S. The molecule has 0 bridgehead atoms. The fourth-order valence-corrected chi connectivity index (χ4v) is 11.8. The fraction of sp³-hybridized carbons (Fsp3) is 0.439. The lowest BCUT2D eigenvalue weighted by Crippen LogP contribution is -2.49. The van der Waals surface area contributed by atoms with Crippen LogP contribution in [-0.4, -0.2) is 56.6 Å².